The quantitative estimate of drug-likeness (QED) is 0.191. The molecule has 0 spiro atoms. The minimum absolute atomic E-state index is 0.138. The van der Waals surface area contributed by atoms with Crippen LogP contribution in [-0.4, -0.2) is 45.1 Å². The summed E-state index contributed by atoms with van der Waals surface area (Å²) in [6.07, 6.45) is 6.10. The van der Waals surface area contributed by atoms with Crippen LogP contribution in [0.15, 0.2) is 37.1 Å². The van der Waals surface area contributed by atoms with Gasteiger partial charge in [-0.3, -0.25) is 14.2 Å². The number of nitrogens with zero attached hydrogens (tertiary/aromatic N) is 3. The largest absolute Gasteiger partial charge is 0.459 e. The van der Waals surface area contributed by atoms with Crippen LogP contribution in [0.1, 0.15) is 63.0 Å². The van der Waals surface area contributed by atoms with E-state index >= 15 is 0 Å². The van der Waals surface area contributed by atoms with Crippen LogP contribution in [0.2, 0.25) is 0 Å². The molecule has 0 amide bonds. The van der Waals surface area contributed by atoms with E-state index in [-0.39, 0.29) is 30.8 Å². The van der Waals surface area contributed by atoms with Crippen LogP contribution < -0.4 is 5.30 Å². The van der Waals surface area contributed by atoms with E-state index in [1.165, 1.54) is 13.3 Å². The standard InChI is InChI=1S/C26H30N3O6P/c1-7-33-36(32,34-8-2)24-12-23-21(11-20(24)10-9-19-13-27-17-28-14-19)22(18(3)30)15-29(23)16-25(31)35-26(4,5)6/h11-15,17H,7-8,16H2,1-6H3. The molecule has 0 saturated carbocycles. The molecule has 10 heteroatoms. The average molecular weight is 512 g/mol. The molecule has 0 saturated heterocycles. The van der Waals surface area contributed by atoms with Crippen molar-refractivity contribution in [2.45, 2.75) is 53.7 Å². The zero-order valence-electron chi connectivity index (χ0n) is 21.3. The summed E-state index contributed by atoms with van der Waals surface area (Å²) in [6, 6.07) is 3.29. The first kappa shape index (κ1) is 27.3. The molecular formula is C26H30N3O6P. The third-order valence-corrected chi connectivity index (χ3v) is 7.05. The van der Waals surface area contributed by atoms with Crippen molar-refractivity contribution in [3.63, 3.8) is 0 Å². The van der Waals surface area contributed by atoms with E-state index in [1.807, 2.05) is 0 Å². The molecule has 0 atom stereocenters. The van der Waals surface area contributed by atoms with Gasteiger partial charge in [0.15, 0.2) is 5.78 Å². The third kappa shape index (κ3) is 6.46. The Hall–Kier alpha value is -3.31. The van der Waals surface area contributed by atoms with Gasteiger partial charge in [-0.25, -0.2) is 9.97 Å². The number of esters is 1. The Balaban J connectivity index is 2.27. The van der Waals surface area contributed by atoms with E-state index in [2.05, 4.69) is 21.8 Å². The summed E-state index contributed by atoms with van der Waals surface area (Å²) < 4.78 is 32.1. The maximum absolute atomic E-state index is 13.8. The number of fused-ring (bicyclic) bond motifs is 1. The van der Waals surface area contributed by atoms with Crippen LogP contribution in [0.4, 0.5) is 0 Å². The Bertz CT molecular complexity index is 1370. The predicted molar refractivity (Wildman–Crippen MR) is 136 cm³/mol. The molecular weight excluding hydrogens is 481 g/mol. The monoisotopic (exact) mass is 511 g/mol. The van der Waals surface area contributed by atoms with Gasteiger partial charge >= 0.3 is 13.6 Å². The summed E-state index contributed by atoms with van der Waals surface area (Å²) in [7, 11) is -3.79. The number of rotatable bonds is 8. The smallest absolute Gasteiger partial charge is 0.362 e. The molecule has 9 nitrogen and oxygen atoms in total. The Kier molecular flexibility index (Phi) is 8.47. The van der Waals surface area contributed by atoms with E-state index in [0.717, 1.165) is 0 Å². The van der Waals surface area contributed by atoms with E-state index in [1.54, 1.807) is 69.9 Å². The predicted octanol–water partition coefficient (Wildman–Crippen LogP) is 4.27. The number of benzene rings is 1. The molecule has 0 unspecified atom stereocenters. The summed E-state index contributed by atoms with van der Waals surface area (Å²) in [5, 5.41) is 0.796. The number of hydrogen-bond donors (Lipinski definition) is 0. The van der Waals surface area contributed by atoms with Crippen LogP contribution in [-0.2, 0) is 29.7 Å². The van der Waals surface area contributed by atoms with Crippen molar-refractivity contribution in [3.8, 4) is 11.8 Å². The Labute approximate surface area is 210 Å². The summed E-state index contributed by atoms with van der Waals surface area (Å²) in [5.41, 5.74) is 1.16. The van der Waals surface area contributed by atoms with Crippen molar-refractivity contribution in [3.05, 3.63) is 53.7 Å². The lowest BCUT2D eigenvalue weighted by Crippen LogP contribution is -2.26. The van der Waals surface area contributed by atoms with Gasteiger partial charge < -0.3 is 18.4 Å². The normalized spacial score (nSPS) is 11.7. The van der Waals surface area contributed by atoms with Gasteiger partial charge in [0.05, 0.1) is 29.6 Å². The van der Waals surface area contributed by atoms with Gasteiger partial charge in [0.2, 0.25) is 0 Å². The number of carbonyl (C=O) groups excluding carboxylic acids is 2. The van der Waals surface area contributed by atoms with Crippen molar-refractivity contribution in [2.75, 3.05) is 13.2 Å². The SMILES string of the molecule is CCOP(=O)(OCC)c1cc2c(cc1C#Cc1cncnc1)c(C(C)=O)cn2CC(=O)OC(C)(C)C. The molecule has 0 radical (unpaired) electrons. The summed E-state index contributed by atoms with van der Waals surface area (Å²) in [4.78, 5) is 33.0. The molecule has 3 aromatic rings. The molecule has 0 fully saturated rings. The first-order valence-electron chi connectivity index (χ1n) is 11.5. The summed E-state index contributed by atoms with van der Waals surface area (Å²) >= 11 is 0. The first-order chi connectivity index (χ1) is 17.0. The number of hydrogen-bond acceptors (Lipinski definition) is 8. The van der Waals surface area contributed by atoms with Crippen LogP contribution in [0.3, 0.4) is 0 Å². The second-order valence-corrected chi connectivity index (χ2v) is 10.9. The molecule has 0 aliphatic carbocycles. The van der Waals surface area contributed by atoms with Gasteiger partial charge in [-0.1, -0.05) is 11.8 Å². The fraction of sp³-hybridized carbons (Fsp3) is 0.385. The van der Waals surface area contributed by atoms with E-state index in [0.29, 0.717) is 27.6 Å². The zero-order chi connectivity index (χ0) is 26.5. The average Bonchev–Trinajstić information content (AvgIpc) is 3.14. The Morgan fingerprint density at radius 2 is 1.69 bits per heavy atom. The van der Waals surface area contributed by atoms with E-state index in [9.17, 15) is 14.2 Å². The molecule has 2 heterocycles. The molecule has 0 N–H and O–H groups in total. The molecule has 190 valence electrons. The Morgan fingerprint density at radius 1 is 1.06 bits per heavy atom. The highest BCUT2D eigenvalue weighted by Crippen LogP contribution is 2.48. The van der Waals surface area contributed by atoms with Gasteiger partial charge in [0.25, 0.3) is 0 Å². The fourth-order valence-electron chi connectivity index (χ4n) is 3.60. The van der Waals surface area contributed by atoms with Crippen molar-refractivity contribution in [1.29, 1.82) is 0 Å². The van der Waals surface area contributed by atoms with Gasteiger partial charge in [-0.15, -0.1) is 0 Å². The van der Waals surface area contributed by atoms with Crippen molar-refractivity contribution in [2.24, 2.45) is 0 Å². The Morgan fingerprint density at radius 3 is 2.25 bits per heavy atom. The van der Waals surface area contributed by atoms with Crippen LogP contribution in [0, 0.1) is 11.8 Å². The van der Waals surface area contributed by atoms with Crippen molar-refractivity contribution < 1.29 is 27.9 Å². The maximum Gasteiger partial charge on any atom is 0.362 e. The number of aromatic nitrogens is 3. The summed E-state index contributed by atoms with van der Waals surface area (Å²) in [6.45, 7) is 10.4. The molecule has 3 rings (SSSR count). The molecule has 2 aromatic heterocycles. The van der Waals surface area contributed by atoms with Crippen LogP contribution >= 0.6 is 7.60 Å². The fourth-order valence-corrected chi connectivity index (χ4v) is 5.32. The third-order valence-electron chi connectivity index (χ3n) is 4.89. The first-order valence-corrected chi connectivity index (χ1v) is 13.1. The topological polar surface area (TPSA) is 110 Å². The minimum Gasteiger partial charge on any atom is -0.459 e. The highest BCUT2D eigenvalue weighted by molar-refractivity contribution is 7.62. The van der Waals surface area contributed by atoms with Crippen LogP contribution in [0.25, 0.3) is 10.9 Å². The lowest BCUT2D eigenvalue weighted by atomic mass is 10.1. The second-order valence-electron chi connectivity index (χ2n) is 8.91. The molecule has 36 heavy (non-hydrogen) atoms. The lowest BCUT2D eigenvalue weighted by Gasteiger charge is -2.20. The van der Waals surface area contributed by atoms with E-state index < -0.39 is 19.2 Å². The molecule has 0 aliphatic rings. The minimum atomic E-state index is -3.79. The maximum atomic E-state index is 13.8. The second kappa shape index (κ2) is 11.2. The van der Waals surface area contributed by atoms with Gasteiger partial charge in [-0.2, -0.15) is 0 Å². The molecule has 0 bridgehead atoms. The zero-order valence-corrected chi connectivity index (χ0v) is 22.2. The van der Waals surface area contributed by atoms with Crippen molar-refractivity contribution in [1.82, 2.24) is 14.5 Å². The van der Waals surface area contributed by atoms with Gasteiger partial charge in [0.1, 0.15) is 18.5 Å². The van der Waals surface area contributed by atoms with E-state index in [4.69, 9.17) is 13.8 Å². The lowest BCUT2D eigenvalue weighted by molar-refractivity contribution is -0.155. The number of carbonyl (C=O) groups is 2. The van der Waals surface area contributed by atoms with Crippen molar-refractivity contribution >= 4 is 35.6 Å². The number of ketones is 1. The highest BCUT2D eigenvalue weighted by Gasteiger charge is 2.31. The molecule has 0 aliphatic heterocycles. The highest BCUT2D eigenvalue weighted by atomic mass is 31.2. The number of Topliss-reactive ketones (excluding diaryl/α,β-unsaturated/α-hetero) is 1. The van der Waals surface area contributed by atoms with Crippen LogP contribution in [0.5, 0.6) is 0 Å². The number of ether oxygens (including phenoxy) is 1. The van der Waals surface area contributed by atoms with Gasteiger partial charge in [0, 0.05) is 35.1 Å². The van der Waals surface area contributed by atoms with Gasteiger partial charge in [-0.05, 0) is 53.7 Å². The molecule has 1 aromatic carbocycles. The summed E-state index contributed by atoms with van der Waals surface area (Å²) in [5.74, 6) is 5.32.